The van der Waals surface area contributed by atoms with Gasteiger partial charge in [-0.05, 0) is 19.1 Å². The van der Waals surface area contributed by atoms with Crippen LogP contribution in [0.2, 0.25) is 0 Å². The molecule has 25 heavy (non-hydrogen) atoms. The molecule has 0 radical (unpaired) electrons. The summed E-state index contributed by atoms with van der Waals surface area (Å²) in [6, 6.07) is 3.63. The lowest BCUT2D eigenvalue weighted by Gasteiger charge is -2.13. The molecule has 2 heterocycles. The van der Waals surface area contributed by atoms with E-state index >= 15 is 0 Å². The molecular formula is C16H15F2N5OS. The predicted molar refractivity (Wildman–Crippen MR) is 88.1 cm³/mol. The molecule has 0 spiro atoms. The fourth-order valence-corrected chi connectivity index (χ4v) is 2.91. The Bertz CT molecular complexity index is 887. The number of rotatable bonds is 5. The van der Waals surface area contributed by atoms with E-state index < -0.39 is 11.6 Å². The van der Waals surface area contributed by atoms with Crippen LogP contribution in [0.25, 0.3) is 0 Å². The Morgan fingerprint density at radius 2 is 2.04 bits per heavy atom. The van der Waals surface area contributed by atoms with Gasteiger partial charge in [0, 0.05) is 18.0 Å². The minimum Gasteiger partial charge on any atom is -0.334 e. The lowest BCUT2D eigenvalue weighted by molar-refractivity contribution is 0.0777. The summed E-state index contributed by atoms with van der Waals surface area (Å²) in [5.41, 5.74) is 0.767. The van der Waals surface area contributed by atoms with Crippen molar-refractivity contribution in [2.75, 3.05) is 7.05 Å². The molecule has 0 unspecified atom stereocenters. The molecule has 0 atom stereocenters. The zero-order chi connectivity index (χ0) is 18.0. The molecule has 1 amide bonds. The second-order valence-electron chi connectivity index (χ2n) is 5.52. The van der Waals surface area contributed by atoms with Crippen molar-refractivity contribution in [1.82, 2.24) is 24.9 Å². The van der Waals surface area contributed by atoms with Gasteiger partial charge in [0.05, 0.1) is 30.0 Å². The van der Waals surface area contributed by atoms with E-state index in [2.05, 4.69) is 15.3 Å². The molecule has 3 rings (SSSR count). The van der Waals surface area contributed by atoms with Crippen LogP contribution in [0.15, 0.2) is 29.8 Å². The van der Waals surface area contributed by atoms with Gasteiger partial charge in [-0.1, -0.05) is 11.3 Å². The Balaban J connectivity index is 1.71. The quantitative estimate of drug-likeness (QED) is 0.699. The second kappa shape index (κ2) is 7.06. The van der Waals surface area contributed by atoms with Crippen LogP contribution in [-0.4, -0.2) is 37.8 Å². The number of carbonyl (C=O) groups excluding carboxylic acids is 1. The van der Waals surface area contributed by atoms with Gasteiger partial charge < -0.3 is 4.90 Å². The summed E-state index contributed by atoms with van der Waals surface area (Å²) in [4.78, 5) is 18.2. The Hall–Kier alpha value is -2.68. The van der Waals surface area contributed by atoms with E-state index in [9.17, 15) is 13.6 Å². The molecule has 3 aromatic rings. The summed E-state index contributed by atoms with van der Waals surface area (Å²) in [7, 11) is 1.63. The van der Waals surface area contributed by atoms with Crippen LogP contribution in [0, 0.1) is 18.6 Å². The molecule has 0 bridgehead atoms. The summed E-state index contributed by atoms with van der Waals surface area (Å²) >= 11 is 1.51. The van der Waals surface area contributed by atoms with Gasteiger partial charge in [0.25, 0.3) is 5.91 Å². The summed E-state index contributed by atoms with van der Waals surface area (Å²) < 4.78 is 28.6. The first kappa shape index (κ1) is 17.2. The standard InChI is InChI=1S/C16H15F2N5OS/c1-10-19-11(9-25-10)6-22(2)16(24)15-8-23(21-20-15)7-12-13(17)4-3-5-14(12)18/h3-5,8-9H,6-7H2,1-2H3. The zero-order valence-corrected chi connectivity index (χ0v) is 14.4. The molecule has 0 saturated heterocycles. The number of carbonyl (C=O) groups is 1. The zero-order valence-electron chi connectivity index (χ0n) is 13.6. The molecule has 0 aliphatic carbocycles. The number of hydrogen-bond donors (Lipinski definition) is 0. The van der Waals surface area contributed by atoms with E-state index in [1.807, 2.05) is 12.3 Å². The lowest BCUT2D eigenvalue weighted by atomic mass is 10.2. The molecule has 0 aliphatic rings. The summed E-state index contributed by atoms with van der Waals surface area (Å²) in [5.74, 6) is -1.68. The van der Waals surface area contributed by atoms with Crippen LogP contribution in [0.5, 0.6) is 0 Å². The molecule has 9 heteroatoms. The van der Waals surface area contributed by atoms with Crippen LogP contribution in [0.3, 0.4) is 0 Å². The van der Waals surface area contributed by atoms with E-state index in [1.165, 1.54) is 45.3 Å². The molecule has 0 aliphatic heterocycles. The number of aryl methyl sites for hydroxylation is 1. The van der Waals surface area contributed by atoms with Crippen molar-refractivity contribution in [2.24, 2.45) is 0 Å². The van der Waals surface area contributed by atoms with Gasteiger partial charge in [-0.2, -0.15) is 0 Å². The smallest absolute Gasteiger partial charge is 0.276 e. The molecule has 1 aromatic carbocycles. The molecule has 0 saturated carbocycles. The fourth-order valence-electron chi connectivity index (χ4n) is 2.31. The number of benzene rings is 1. The molecular weight excluding hydrogens is 348 g/mol. The minimum atomic E-state index is -0.667. The average Bonchev–Trinajstić information content (AvgIpc) is 3.19. The van der Waals surface area contributed by atoms with Gasteiger partial charge in [0.2, 0.25) is 0 Å². The molecule has 0 N–H and O–H groups in total. The summed E-state index contributed by atoms with van der Waals surface area (Å²) in [6.07, 6.45) is 1.37. The third-order valence-electron chi connectivity index (χ3n) is 3.55. The second-order valence-corrected chi connectivity index (χ2v) is 6.58. The van der Waals surface area contributed by atoms with Crippen LogP contribution < -0.4 is 0 Å². The van der Waals surface area contributed by atoms with Crippen molar-refractivity contribution < 1.29 is 13.6 Å². The highest BCUT2D eigenvalue weighted by Crippen LogP contribution is 2.14. The van der Waals surface area contributed by atoms with Gasteiger partial charge in [-0.15, -0.1) is 16.4 Å². The van der Waals surface area contributed by atoms with Crippen molar-refractivity contribution in [3.8, 4) is 0 Å². The van der Waals surface area contributed by atoms with Crippen LogP contribution in [0.4, 0.5) is 8.78 Å². The number of nitrogens with zero attached hydrogens (tertiary/aromatic N) is 5. The van der Waals surface area contributed by atoms with Crippen molar-refractivity contribution in [1.29, 1.82) is 0 Å². The normalized spacial score (nSPS) is 10.9. The highest BCUT2D eigenvalue weighted by atomic mass is 32.1. The number of thiazole rings is 1. The molecule has 0 fully saturated rings. The highest BCUT2D eigenvalue weighted by molar-refractivity contribution is 7.09. The van der Waals surface area contributed by atoms with Gasteiger partial charge in [-0.25, -0.2) is 18.4 Å². The number of amides is 1. The first-order valence-corrected chi connectivity index (χ1v) is 8.31. The lowest BCUT2D eigenvalue weighted by Crippen LogP contribution is -2.26. The minimum absolute atomic E-state index is 0.103. The van der Waals surface area contributed by atoms with E-state index in [0.717, 1.165) is 10.7 Å². The highest BCUT2D eigenvalue weighted by Gasteiger charge is 2.18. The van der Waals surface area contributed by atoms with E-state index in [0.29, 0.717) is 6.54 Å². The van der Waals surface area contributed by atoms with Crippen molar-refractivity contribution in [3.63, 3.8) is 0 Å². The first-order valence-electron chi connectivity index (χ1n) is 7.43. The van der Waals surface area contributed by atoms with Gasteiger partial charge in [0.15, 0.2) is 5.69 Å². The number of halogens is 2. The fraction of sp³-hybridized carbons (Fsp3) is 0.250. The first-order chi connectivity index (χ1) is 11.9. The predicted octanol–water partition coefficient (Wildman–Crippen LogP) is 2.64. The van der Waals surface area contributed by atoms with Gasteiger partial charge >= 0.3 is 0 Å². The average molecular weight is 363 g/mol. The SMILES string of the molecule is Cc1nc(CN(C)C(=O)c2cn(Cc3c(F)cccc3F)nn2)cs1. The number of hydrogen-bond acceptors (Lipinski definition) is 5. The topological polar surface area (TPSA) is 63.9 Å². The monoisotopic (exact) mass is 363 g/mol. The van der Waals surface area contributed by atoms with Crippen LogP contribution in [0.1, 0.15) is 26.8 Å². The largest absolute Gasteiger partial charge is 0.334 e. The van der Waals surface area contributed by atoms with Crippen molar-refractivity contribution in [2.45, 2.75) is 20.0 Å². The maximum absolute atomic E-state index is 13.7. The van der Waals surface area contributed by atoms with Gasteiger partial charge in [0.1, 0.15) is 11.6 Å². The third kappa shape index (κ3) is 3.87. The summed E-state index contributed by atoms with van der Waals surface area (Å²) in [6.45, 7) is 2.09. The number of aromatic nitrogens is 4. The van der Waals surface area contributed by atoms with Crippen LogP contribution in [-0.2, 0) is 13.1 Å². The Labute approximate surface area is 146 Å². The van der Waals surface area contributed by atoms with Crippen molar-refractivity contribution in [3.05, 3.63) is 63.4 Å². The van der Waals surface area contributed by atoms with Crippen molar-refractivity contribution >= 4 is 17.2 Å². The Morgan fingerprint density at radius 3 is 2.68 bits per heavy atom. The van der Waals surface area contributed by atoms with Crippen LogP contribution >= 0.6 is 11.3 Å². The summed E-state index contributed by atoms with van der Waals surface area (Å²) in [5, 5.41) is 10.4. The van der Waals surface area contributed by atoms with E-state index in [4.69, 9.17) is 0 Å². The molecule has 2 aromatic heterocycles. The molecule has 130 valence electrons. The Morgan fingerprint density at radius 1 is 1.32 bits per heavy atom. The maximum Gasteiger partial charge on any atom is 0.276 e. The maximum atomic E-state index is 13.7. The molecule has 6 nitrogen and oxygen atoms in total. The Kier molecular flexibility index (Phi) is 4.84. The van der Waals surface area contributed by atoms with E-state index in [-0.39, 0.29) is 23.7 Å². The van der Waals surface area contributed by atoms with Gasteiger partial charge in [-0.3, -0.25) is 4.79 Å². The third-order valence-corrected chi connectivity index (χ3v) is 4.37. The van der Waals surface area contributed by atoms with E-state index in [1.54, 1.807) is 7.05 Å².